The van der Waals surface area contributed by atoms with Gasteiger partial charge in [0, 0.05) is 4.91 Å². The minimum Gasteiger partial charge on any atom is -0.207 e. The predicted molar refractivity (Wildman–Crippen MR) is 65.4 cm³/mol. The fourth-order valence-electron chi connectivity index (χ4n) is 1.30. The Morgan fingerprint density at radius 3 is 2.35 bits per heavy atom. The summed E-state index contributed by atoms with van der Waals surface area (Å²) in [5, 5.41) is 2.76. The first-order valence-electron chi connectivity index (χ1n) is 5.33. The summed E-state index contributed by atoms with van der Waals surface area (Å²) in [6, 6.07) is 2.84. The van der Waals surface area contributed by atoms with Crippen molar-refractivity contribution in [2.45, 2.75) is 24.0 Å². The third kappa shape index (κ3) is 4.41. The standard InChI is InChI=1S/C10H11F3N4O2S/c1-7-2-4-8(5-3-7)20(18,19)16-9(6-15-17-14)10(11,12)13/h2-5,9,16H,6H2,1H3/t9-/m1/s1. The molecular formula is C10H11F3N4O2S. The van der Waals surface area contributed by atoms with Crippen LogP contribution in [0.3, 0.4) is 0 Å². The maximum atomic E-state index is 12.6. The molecule has 0 aromatic heterocycles. The Morgan fingerprint density at radius 1 is 1.35 bits per heavy atom. The maximum absolute atomic E-state index is 12.6. The van der Waals surface area contributed by atoms with Crippen LogP contribution in [0.25, 0.3) is 10.4 Å². The van der Waals surface area contributed by atoms with Crippen LogP contribution in [0.2, 0.25) is 0 Å². The highest BCUT2D eigenvalue weighted by Crippen LogP contribution is 2.22. The van der Waals surface area contributed by atoms with Gasteiger partial charge in [0.15, 0.2) is 0 Å². The number of nitrogens with one attached hydrogen (secondary N) is 1. The van der Waals surface area contributed by atoms with Gasteiger partial charge in [0.25, 0.3) is 0 Å². The van der Waals surface area contributed by atoms with Crippen molar-refractivity contribution in [3.8, 4) is 0 Å². The van der Waals surface area contributed by atoms with E-state index in [1.54, 1.807) is 6.92 Å². The van der Waals surface area contributed by atoms with Crippen molar-refractivity contribution >= 4 is 10.0 Å². The van der Waals surface area contributed by atoms with Crippen LogP contribution in [0.4, 0.5) is 13.2 Å². The van der Waals surface area contributed by atoms with E-state index in [9.17, 15) is 21.6 Å². The Labute approximate surface area is 113 Å². The molecule has 0 saturated heterocycles. The molecule has 0 aliphatic rings. The zero-order valence-electron chi connectivity index (χ0n) is 10.3. The summed E-state index contributed by atoms with van der Waals surface area (Å²) in [5.74, 6) is 0. The molecule has 0 fully saturated rings. The molecule has 0 spiro atoms. The van der Waals surface area contributed by atoms with Crippen LogP contribution in [-0.2, 0) is 10.0 Å². The second-order valence-corrected chi connectivity index (χ2v) is 5.66. The molecule has 0 unspecified atom stereocenters. The molecule has 6 nitrogen and oxygen atoms in total. The van der Waals surface area contributed by atoms with E-state index in [4.69, 9.17) is 5.53 Å². The van der Waals surface area contributed by atoms with Gasteiger partial charge in [-0.15, -0.1) is 0 Å². The number of nitrogens with zero attached hydrogens (tertiary/aromatic N) is 3. The third-order valence-electron chi connectivity index (χ3n) is 2.35. The Bertz CT molecular complexity index is 606. The van der Waals surface area contributed by atoms with E-state index >= 15 is 0 Å². The lowest BCUT2D eigenvalue weighted by Crippen LogP contribution is -2.47. The van der Waals surface area contributed by atoms with Gasteiger partial charge in [0.1, 0.15) is 6.04 Å². The molecule has 0 radical (unpaired) electrons. The van der Waals surface area contributed by atoms with E-state index in [2.05, 4.69) is 10.0 Å². The molecule has 1 N–H and O–H groups in total. The SMILES string of the molecule is Cc1ccc(S(=O)(=O)N[C@H](CN=[N+]=[N-])C(F)(F)F)cc1. The lowest BCUT2D eigenvalue weighted by atomic mass is 10.2. The molecule has 0 saturated carbocycles. The maximum Gasteiger partial charge on any atom is 0.405 e. The number of halogens is 3. The first-order chi connectivity index (χ1) is 9.16. The highest BCUT2D eigenvalue weighted by Gasteiger charge is 2.41. The number of sulfonamides is 1. The van der Waals surface area contributed by atoms with Crippen LogP contribution < -0.4 is 4.72 Å². The Morgan fingerprint density at radius 2 is 1.90 bits per heavy atom. The minimum atomic E-state index is -4.86. The van der Waals surface area contributed by atoms with Gasteiger partial charge in [0.2, 0.25) is 10.0 Å². The van der Waals surface area contributed by atoms with E-state index in [0.717, 1.165) is 5.56 Å². The van der Waals surface area contributed by atoms with Gasteiger partial charge in [-0.2, -0.15) is 17.9 Å². The molecule has 1 atom stereocenters. The van der Waals surface area contributed by atoms with Crippen LogP contribution in [0.15, 0.2) is 34.3 Å². The van der Waals surface area contributed by atoms with Gasteiger partial charge < -0.3 is 0 Å². The highest BCUT2D eigenvalue weighted by molar-refractivity contribution is 7.89. The predicted octanol–water partition coefficient (Wildman–Crippen LogP) is 2.51. The summed E-state index contributed by atoms with van der Waals surface area (Å²) in [6.45, 7) is 0.662. The van der Waals surface area contributed by atoms with Gasteiger partial charge in [-0.05, 0) is 24.6 Å². The quantitative estimate of drug-likeness (QED) is 0.514. The van der Waals surface area contributed by atoms with Gasteiger partial charge in [-0.1, -0.05) is 22.8 Å². The fourth-order valence-corrected chi connectivity index (χ4v) is 2.51. The topological polar surface area (TPSA) is 94.9 Å². The van der Waals surface area contributed by atoms with E-state index in [1.807, 2.05) is 0 Å². The third-order valence-corrected chi connectivity index (χ3v) is 3.84. The van der Waals surface area contributed by atoms with Crippen molar-refractivity contribution < 1.29 is 21.6 Å². The van der Waals surface area contributed by atoms with Crippen LogP contribution in [0, 0.1) is 6.92 Å². The molecule has 0 aliphatic heterocycles. The summed E-state index contributed by atoms with van der Waals surface area (Å²) in [5.41, 5.74) is 8.81. The van der Waals surface area contributed by atoms with Gasteiger partial charge in [-0.3, -0.25) is 0 Å². The average molecular weight is 308 g/mol. The molecule has 0 bridgehead atoms. The van der Waals surface area contributed by atoms with Crippen LogP contribution >= 0.6 is 0 Å². The zero-order valence-corrected chi connectivity index (χ0v) is 11.1. The van der Waals surface area contributed by atoms with Crippen LogP contribution in [0.5, 0.6) is 0 Å². The number of benzene rings is 1. The smallest absolute Gasteiger partial charge is 0.207 e. The van der Waals surface area contributed by atoms with Crippen LogP contribution in [0.1, 0.15) is 5.56 Å². The molecule has 1 aromatic carbocycles. The highest BCUT2D eigenvalue weighted by atomic mass is 32.2. The lowest BCUT2D eigenvalue weighted by molar-refractivity contribution is -0.148. The van der Waals surface area contributed by atoms with Crippen molar-refractivity contribution in [2.75, 3.05) is 6.54 Å². The fraction of sp³-hybridized carbons (Fsp3) is 0.400. The van der Waals surface area contributed by atoms with E-state index in [1.165, 1.54) is 29.0 Å². The zero-order chi connectivity index (χ0) is 15.4. The number of azide groups is 1. The normalized spacial score (nSPS) is 13.6. The van der Waals surface area contributed by atoms with Crippen molar-refractivity contribution in [2.24, 2.45) is 5.11 Å². The summed E-state index contributed by atoms with van der Waals surface area (Å²) >= 11 is 0. The van der Waals surface area contributed by atoms with Gasteiger partial charge in [-0.25, -0.2) is 8.42 Å². The second-order valence-electron chi connectivity index (χ2n) is 3.94. The first-order valence-corrected chi connectivity index (χ1v) is 6.81. The average Bonchev–Trinajstić information content (AvgIpc) is 2.33. The molecule has 0 aliphatic carbocycles. The summed E-state index contributed by atoms with van der Waals surface area (Å²) < 4.78 is 63.1. The van der Waals surface area contributed by atoms with Crippen molar-refractivity contribution in [3.63, 3.8) is 0 Å². The van der Waals surface area contributed by atoms with Crippen LogP contribution in [-0.4, -0.2) is 27.2 Å². The van der Waals surface area contributed by atoms with E-state index in [0.29, 0.717) is 0 Å². The molecule has 20 heavy (non-hydrogen) atoms. The van der Waals surface area contributed by atoms with Crippen molar-refractivity contribution in [1.82, 2.24) is 4.72 Å². The largest absolute Gasteiger partial charge is 0.405 e. The summed E-state index contributed by atoms with van der Waals surface area (Å²) in [7, 11) is -4.34. The Kier molecular flexibility index (Phi) is 4.98. The lowest BCUT2D eigenvalue weighted by Gasteiger charge is -2.19. The number of hydrogen-bond acceptors (Lipinski definition) is 3. The molecule has 1 rings (SSSR count). The monoisotopic (exact) mass is 308 g/mol. The number of hydrogen-bond donors (Lipinski definition) is 1. The summed E-state index contributed by atoms with van der Waals surface area (Å²) in [4.78, 5) is 1.90. The molecular weight excluding hydrogens is 297 g/mol. The van der Waals surface area contributed by atoms with E-state index < -0.39 is 28.8 Å². The minimum absolute atomic E-state index is 0.293. The van der Waals surface area contributed by atoms with E-state index in [-0.39, 0.29) is 4.90 Å². The Hall–Kier alpha value is -1.77. The van der Waals surface area contributed by atoms with Crippen molar-refractivity contribution in [3.05, 3.63) is 40.3 Å². The molecule has 1 aromatic rings. The molecule has 10 heteroatoms. The second kappa shape index (κ2) is 6.12. The first kappa shape index (κ1) is 16.3. The number of alkyl halides is 3. The molecule has 0 heterocycles. The molecule has 110 valence electrons. The molecule has 0 amide bonds. The van der Waals surface area contributed by atoms with Gasteiger partial charge in [0.05, 0.1) is 11.4 Å². The van der Waals surface area contributed by atoms with Crippen molar-refractivity contribution in [1.29, 1.82) is 0 Å². The van der Waals surface area contributed by atoms with Gasteiger partial charge >= 0.3 is 6.18 Å². The number of rotatable bonds is 5. The Balaban J connectivity index is 3.02. The summed E-state index contributed by atoms with van der Waals surface area (Å²) in [6.07, 6.45) is -4.86. The number of aryl methyl sites for hydroxylation is 1.